The van der Waals surface area contributed by atoms with Gasteiger partial charge < -0.3 is 19.1 Å². The van der Waals surface area contributed by atoms with E-state index in [2.05, 4.69) is 0 Å². The van der Waals surface area contributed by atoms with E-state index in [0.29, 0.717) is 50.2 Å². The largest absolute Gasteiger partial charge is 0.381 e. The van der Waals surface area contributed by atoms with Crippen molar-refractivity contribution in [3.63, 3.8) is 0 Å². The van der Waals surface area contributed by atoms with Crippen LogP contribution in [-0.4, -0.2) is 56.6 Å². The molecule has 3 aliphatic heterocycles. The Hall–Kier alpha value is -1.14. The molecule has 142 valence electrons. The molecule has 0 N–H and O–H groups in total. The van der Waals surface area contributed by atoms with Gasteiger partial charge in [-0.3, -0.25) is 4.79 Å². The molecule has 26 heavy (non-hydrogen) atoms. The highest BCUT2D eigenvalue weighted by Gasteiger charge is 2.45. The number of hydrogen-bond donors (Lipinski definition) is 0. The lowest BCUT2D eigenvalue weighted by atomic mass is 9.72. The first kappa shape index (κ1) is 18.2. The van der Waals surface area contributed by atoms with Gasteiger partial charge in [-0.25, -0.2) is 0 Å². The molecule has 3 aliphatic rings. The molecule has 4 rings (SSSR count). The summed E-state index contributed by atoms with van der Waals surface area (Å²) >= 11 is 6.22. The van der Waals surface area contributed by atoms with Crippen LogP contribution in [0.3, 0.4) is 0 Å². The summed E-state index contributed by atoms with van der Waals surface area (Å²) in [5, 5.41) is 0.676. The zero-order valence-corrected chi connectivity index (χ0v) is 15.7. The average Bonchev–Trinajstić information content (AvgIpc) is 3.23. The smallest absolute Gasteiger partial charge is 0.233 e. The van der Waals surface area contributed by atoms with Crippen LogP contribution >= 0.6 is 11.6 Å². The lowest BCUT2D eigenvalue weighted by Gasteiger charge is -2.42. The minimum atomic E-state index is -0.518. The first-order valence-corrected chi connectivity index (χ1v) is 9.93. The van der Waals surface area contributed by atoms with E-state index in [1.807, 2.05) is 29.2 Å². The van der Waals surface area contributed by atoms with E-state index < -0.39 is 5.41 Å². The fourth-order valence-corrected chi connectivity index (χ4v) is 4.65. The van der Waals surface area contributed by atoms with Crippen LogP contribution in [0.2, 0.25) is 5.02 Å². The summed E-state index contributed by atoms with van der Waals surface area (Å²) in [6, 6.07) is 7.76. The maximum Gasteiger partial charge on any atom is 0.233 e. The van der Waals surface area contributed by atoms with Crippen LogP contribution in [0.5, 0.6) is 0 Å². The van der Waals surface area contributed by atoms with E-state index in [0.717, 1.165) is 31.5 Å². The van der Waals surface area contributed by atoms with E-state index in [-0.39, 0.29) is 12.2 Å². The standard InChI is InChI=1S/C20H26ClNO4/c21-17-3-1-2-16(14-17)20(6-10-24-11-7-20)19(23)22-8-4-15(5-9-22)18-25-12-13-26-18/h1-3,14-15,18H,4-13H2. The number of amides is 1. The Morgan fingerprint density at radius 2 is 1.77 bits per heavy atom. The quantitative estimate of drug-likeness (QED) is 0.810. The van der Waals surface area contributed by atoms with Crippen molar-refractivity contribution < 1.29 is 19.0 Å². The van der Waals surface area contributed by atoms with Gasteiger partial charge >= 0.3 is 0 Å². The van der Waals surface area contributed by atoms with Gasteiger partial charge in [-0.15, -0.1) is 0 Å². The molecule has 0 bridgehead atoms. The number of likely N-dealkylation sites (tertiary alicyclic amines) is 1. The second-order valence-corrected chi connectivity index (χ2v) is 7.88. The maximum atomic E-state index is 13.6. The average molecular weight is 380 g/mol. The number of ether oxygens (including phenoxy) is 3. The molecule has 1 aromatic rings. The van der Waals surface area contributed by atoms with E-state index in [4.69, 9.17) is 25.8 Å². The predicted octanol–water partition coefficient (Wildman–Crippen LogP) is 3.00. The minimum absolute atomic E-state index is 0.0859. The topological polar surface area (TPSA) is 48.0 Å². The third kappa shape index (κ3) is 3.50. The molecule has 6 heteroatoms. The van der Waals surface area contributed by atoms with Crippen molar-refractivity contribution in [3.8, 4) is 0 Å². The van der Waals surface area contributed by atoms with Crippen LogP contribution in [0.25, 0.3) is 0 Å². The molecule has 5 nitrogen and oxygen atoms in total. The van der Waals surface area contributed by atoms with Gasteiger partial charge in [0, 0.05) is 37.2 Å². The fourth-order valence-electron chi connectivity index (χ4n) is 4.46. The van der Waals surface area contributed by atoms with Crippen molar-refractivity contribution in [3.05, 3.63) is 34.9 Å². The van der Waals surface area contributed by atoms with Crippen molar-refractivity contribution in [1.82, 2.24) is 4.90 Å². The highest BCUT2D eigenvalue weighted by atomic mass is 35.5. The number of piperidine rings is 1. The Bertz CT molecular complexity index is 632. The number of nitrogens with zero attached hydrogens (tertiary/aromatic N) is 1. The Balaban J connectivity index is 1.50. The van der Waals surface area contributed by atoms with Gasteiger partial charge in [0.05, 0.1) is 18.6 Å². The molecule has 0 atom stereocenters. The molecule has 1 amide bonds. The van der Waals surface area contributed by atoms with Crippen LogP contribution in [0.1, 0.15) is 31.2 Å². The third-order valence-corrected chi connectivity index (χ3v) is 6.23. The Morgan fingerprint density at radius 1 is 1.08 bits per heavy atom. The van der Waals surface area contributed by atoms with Crippen molar-refractivity contribution in [2.45, 2.75) is 37.4 Å². The van der Waals surface area contributed by atoms with E-state index in [1.165, 1.54) is 0 Å². The third-order valence-electron chi connectivity index (χ3n) is 5.99. The van der Waals surface area contributed by atoms with Crippen molar-refractivity contribution >= 4 is 17.5 Å². The highest BCUT2D eigenvalue weighted by Crippen LogP contribution is 2.39. The van der Waals surface area contributed by atoms with Gasteiger partial charge in [0.2, 0.25) is 5.91 Å². The van der Waals surface area contributed by atoms with Crippen LogP contribution in [-0.2, 0) is 24.4 Å². The first-order chi connectivity index (χ1) is 12.7. The number of carbonyl (C=O) groups excluding carboxylic acids is 1. The fraction of sp³-hybridized carbons (Fsp3) is 0.650. The molecule has 3 heterocycles. The van der Waals surface area contributed by atoms with E-state index in [9.17, 15) is 4.79 Å². The summed E-state index contributed by atoms with van der Waals surface area (Å²) in [5.41, 5.74) is 0.499. The number of carbonyl (C=O) groups is 1. The van der Waals surface area contributed by atoms with Gasteiger partial charge in [-0.05, 0) is 43.4 Å². The Morgan fingerprint density at radius 3 is 2.42 bits per heavy atom. The molecular weight excluding hydrogens is 354 g/mol. The zero-order valence-electron chi connectivity index (χ0n) is 15.0. The second kappa shape index (κ2) is 7.85. The molecule has 0 radical (unpaired) electrons. The molecule has 0 aromatic heterocycles. The maximum absolute atomic E-state index is 13.6. The molecule has 0 aliphatic carbocycles. The van der Waals surface area contributed by atoms with Crippen LogP contribution in [0.4, 0.5) is 0 Å². The second-order valence-electron chi connectivity index (χ2n) is 7.44. The Kier molecular flexibility index (Phi) is 5.50. The first-order valence-electron chi connectivity index (χ1n) is 9.55. The summed E-state index contributed by atoms with van der Waals surface area (Å²) in [6.07, 6.45) is 3.19. The number of benzene rings is 1. The molecule has 0 unspecified atom stereocenters. The molecule has 3 saturated heterocycles. The number of halogens is 1. The highest BCUT2D eigenvalue weighted by molar-refractivity contribution is 6.30. The van der Waals surface area contributed by atoms with Crippen LogP contribution in [0.15, 0.2) is 24.3 Å². The van der Waals surface area contributed by atoms with Crippen LogP contribution in [0, 0.1) is 5.92 Å². The van der Waals surface area contributed by atoms with Gasteiger partial charge in [0.25, 0.3) is 0 Å². The van der Waals surface area contributed by atoms with Gasteiger partial charge in [0.15, 0.2) is 6.29 Å². The van der Waals surface area contributed by atoms with E-state index in [1.54, 1.807) is 0 Å². The molecule has 0 saturated carbocycles. The molecule has 3 fully saturated rings. The Labute approximate surface area is 159 Å². The summed E-state index contributed by atoms with van der Waals surface area (Å²) in [5.74, 6) is 0.605. The predicted molar refractivity (Wildman–Crippen MR) is 98.2 cm³/mol. The van der Waals surface area contributed by atoms with Crippen LogP contribution < -0.4 is 0 Å². The van der Waals surface area contributed by atoms with Crippen molar-refractivity contribution in [2.75, 3.05) is 39.5 Å². The normalized spacial score (nSPS) is 24.7. The lowest BCUT2D eigenvalue weighted by molar-refractivity contribution is -0.146. The van der Waals surface area contributed by atoms with Gasteiger partial charge in [0.1, 0.15) is 0 Å². The SMILES string of the molecule is O=C(N1CCC(C2OCCO2)CC1)C1(c2cccc(Cl)c2)CCOCC1. The van der Waals surface area contributed by atoms with Gasteiger partial charge in [-0.1, -0.05) is 23.7 Å². The summed E-state index contributed by atoms with van der Waals surface area (Å²) < 4.78 is 16.9. The molecule has 0 spiro atoms. The number of hydrogen-bond acceptors (Lipinski definition) is 4. The molecular formula is C20H26ClNO4. The number of rotatable bonds is 3. The minimum Gasteiger partial charge on any atom is -0.381 e. The zero-order chi connectivity index (χ0) is 18.0. The summed E-state index contributed by atoms with van der Waals surface area (Å²) in [7, 11) is 0. The summed E-state index contributed by atoms with van der Waals surface area (Å²) in [6.45, 7) is 4.10. The summed E-state index contributed by atoms with van der Waals surface area (Å²) in [4.78, 5) is 15.6. The van der Waals surface area contributed by atoms with Crippen molar-refractivity contribution in [1.29, 1.82) is 0 Å². The lowest BCUT2D eigenvalue weighted by Crippen LogP contribution is -2.52. The van der Waals surface area contributed by atoms with Gasteiger partial charge in [-0.2, -0.15) is 0 Å². The van der Waals surface area contributed by atoms with E-state index >= 15 is 0 Å². The molecule has 1 aromatic carbocycles. The monoisotopic (exact) mass is 379 g/mol. The van der Waals surface area contributed by atoms with Crippen molar-refractivity contribution in [2.24, 2.45) is 5.92 Å².